The number of fused-ring (bicyclic) bond motifs is 1. The highest BCUT2D eigenvalue weighted by Gasteiger charge is 2.49. The van der Waals surface area contributed by atoms with E-state index >= 15 is 0 Å². The highest BCUT2D eigenvalue weighted by atomic mass is 32.2. The van der Waals surface area contributed by atoms with E-state index in [4.69, 9.17) is 4.74 Å². The van der Waals surface area contributed by atoms with Crippen LogP contribution in [0, 0.1) is 13.8 Å². The minimum absolute atomic E-state index is 0.0867. The molecule has 0 N–H and O–H groups in total. The van der Waals surface area contributed by atoms with Crippen molar-refractivity contribution in [2.24, 2.45) is 4.99 Å². The number of rotatable bonds is 4. The highest BCUT2D eigenvalue weighted by molar-refractivity contribution is 8.16. The van der Waals surface area contributed by atoms with Gasteiger partial charge in [0.2, 0.25) is 0 Å². The van der Waals surface area contributed by atoms with Crippen molar-refractivity contribution in [3.05, 3.63) is 59.2 Å². The number of aryl methyl sites for hydroxylation is 2. The second-order valence-electron chi connectivity index (χ2n) is 7.83. The average Bonchev–Trinajstić information content (AvgIpc) is 3.12. The molecular weight excluding hydrogens is 420 g/mol. The zero-order chi connectivity index (χ0) is 21.5. The molecule has 0 aromatic heterocycles. The van der Waals surface area contributed by atoms with Crippen LogP contribution in [0.4, 0.5) is 5.69 Å². The van der Waals surface area contributed by atoms with Gasteiger partial charge in [-0.1, -0.05) is 30.0 Å². The Balaban J connectivity index is 1.63. The fourth-order valence-electron chi connectivity index (χ4n) is 4.02. The average molecular weight is 445 g/mol. The molecule has 0 saturated carbocycles. The number of amides is 1. The summed E-state index contributed by atoms with van der Waals surface area (Å²) in [6.07, 6.45) is 0.183. The summed E-state index contributed by atoms with van der Waals surface area (Å²) in [5.41, 5.74) is 3.92. The minimum Gasteiger partial charge on any atom is -0.497 e. The lowest BCUT2D eigenvalue weighted by molar-refractivity contribution is -0.117. The monoisotopic (exact) mass is 444 g/mol. The molecule has 0 radical (unpaired) electrons. The first kappa shape index (κ1) is 20.9. The smallest absolute Gasteiger partial charge is 0.252 e. The molecule has 0 bridgehead atoms. The van der Waals surface area contributed by atoms with E-state index in [2.05, 4.69) is 11.1 Å². The summed E-state index contributed by atoms with van der Waals surface area (Å²) in [7, 11) is -1.49. The summed E-state index contributed by atoms with van der Waals surface area (Å²) in [4.78, 5) is 19.1. The molecule has 2 aliphatic heterocycles. The number of aliphatic imine (C=N–C) groups is 1. The quantitative estimate of drug-likeness (QED) is 0.721. The maximum atomic E-state index is 12.7. The Hall–Kier alpha value is -2.32. The Kier molecular flexibility index (Phi) is 5.63. The Labute approximate surface area is 181 Å². The van der Waals surface area contributed by atoms with Gasteiger partial charge in [-0.05, 0) is 54.8 Å². The minimum atomic E-state index is -3.09. The molecule has 30 heavy (non-hydrogen) atoms. The lowest BCUT2D eigenvalue weighted by atomic mass is 10.1. The molecule has 2 aliphatic rings. The molecule has 2 heterocycles. The summed E-state index contributed by atoms with van der Waals surface area (Å²) in [5, 5.41) is 0.478. The van der Waals surface area contributed by atoms with Crippen LogP contribution in [0.25, 0.3) is 0 Å². The fraction of sp³-hybridized carbons (Fsp3) is 0.364. The van der Waals surface area contributed by atoms with Crippen LogP contribution in [-0.4, -0.2) is 49.4 Å². The van der Waals surface area contributed by atoms with E-state index in [-0.39, 0.29) is 35.1 Å². The molecule has 2 aromatic carbocycles. The van der Waals surface area contributed by atoms with Crippen molar-refractivity contribution < 1.29 is 17.9 Å². The Morgan fingerprint density at radius 2 is 1.80 bits per heavy atom. The molecule has 6 nitrogen and oxygen atoms in total. The van der Waals surface area contributed by atoms with Gasteiger partial charge in [0.25, 0.3) is 5.91 Å². The molecule has 158 valence electrons. The van der Waals surface area contributed by atoms with Crippen LogP contribution in [0.1, 0.15) is 16.7 Å². The maximum absolute atomic E-state index is 12.7. The van der Waals surface area contributed by atoms with Crippen LogP contribution >= 0.6 is 11.8 Å². The number of methoxy groups -OCH3 is 1. The van der Waals surface area contributed by atoms with Crippen molar-refractivity contribution in [2.75, 3.05) is 23.5 Å². The van der Waals surface area contributed by atoms with Crippen molar-refractivity contribution in [3.63, 3.8) is 0 Å². The molecule has 0 spiro atoms. The van der Waals surface area contributed by atoms with Crippen LogP contribution in [0.15, 0.2) is 47.5 Å². The topological polar surface area (TPSA) is 76.0 Å². The molecule has 8 heteroatoms. The number of carbonyl (C=O) groups excluding carboxylic acids is 1. The van der Waals surface area contributed by atoms with Gasteiger partial charge in [-0.2, -0.15) is 4.99 Å². The van der Waals surface area contributed by atoms with Crippen LogP contribution < -0.4 is 9.64 Å². The number of sulfone groups is 1. The first-order valence-corrected chi connectivity index (χ1v) is 12.4. The molecule has 0 aliphatic carbocycles. The van der Waals surface area contributed by atoms with E-state index in [1.165, 1.54) is 11.8 Å². The van der Waals surface area contributed by atoms with E-state index < -0.39 is 9.84 Å². The van der Waals surface area contributed by atoms with Gasteiger partial charge in [0.1, 0.15) is 5.75 Å². The van der Waals surface area contributed by atoms with Crippen molar-refractivity contribution in [3.8, 4) is 5.75 Å². The fourth-order valence-corrected chi connectivity index (χ4v) is 7.95. The van der Waals surface area contributed by atoms with E-state index in [1.54, 1.807) is 7.11 Å². The summed E-state index contributed by atoms with van der Waals surface area (Å²) < 4.78 is 29.6. The maximum Gasteiger partial charge on any atom is 0.252 e. The molecular formula is C22H24N2O4S2. The molecule has 0 unspecified atom stereocenters. The van der Waals surface area contributed by atoms with Gasteiger partial charge in [0.15, 0.2) is 15.0 Å². The largest absolute Gasteiger partial charge is 0.497 e. The predicted molar refractivity (Wildman–Crippen MR) is 121 cm³/mol. The van der Waals surface area contributed by atoms with Crippen LogP contribution in [0.2, 0.25) is 0 Å². The van der Waals surface area contributed by atoms with Crippen molar-refractivity contribution in [2.45, 2.75) is 31.6 Å². The zero-order valence-electron chi connectivity index (χ0n) is 17.2. The number of hydrogen-bond donors (Lipinski definition) is 0. The Bertz CT molecular complexity index is 1090. The highest BCUT2D eigenvalue weighted by Crippen LogP contribution is 2.41. The van der Waals surface area contributed by atoms with Crippen molar-refractivity contribution >= 4 is 38.4 Å². The first-order valence-electron chi connectivity index (χ1n) is 9.73. The number of hydrogen-bond acceptors (Lipinski definition) is 5. The van der Waals surface area contributed by atoms with E-state index in [0.717, 1.165) is 28.1 Å². The van der Waals surface area contributed by atoms with Gasteiger partial charge < -0.3 is 9.64 Å². The van der Waals surface area contributed by atoms with E-state index in [0.29, 0.717) is 5.17 Å². The summed E-state index contributed by atoms with van der Waals surface area (Å²) >= 11 is 1.40. The van der Waals surface area contributed by atoms with Crippen LogP contribution in [0.3, 0.4) is 0 Å². The predicted octanol–water partition coefficient (Wildman–Crippen LogP) is 3.16. The lowest BCUT2D eigenvalue weighted by Crippen LogP contribution is -2.37. The SMILES string of the molecule is COc1ccc(CC(=O)N=C2S[C@H]3CS(=O)(=O)C[C@H]3N2c2cc(C)cc(C)c2)cc1. The molecule has 2 fully saturated rings. The lowest BCUT2D eigenvalue weighted by Gasteiger charge is -2.25. The summed E-state index contributed by atoms with van der Waals surface area (Å²) in [5.74, 6) is 0.692. The van der Waals surface area contributed by atoms with Gasteiger partial charge >= 0.3 is 0 Å². The molecule has 4 rings (SSSR count). The second-order valence-corrected chi connectivity index (χ2v) is 11.2. The first-order chi connectivity index (χ1) is 14.2. The molecule has 1 amide bonds. The molecule has 2 atom stereocenters. The van der Waals surface area contributed by atoms with Gasteiger partial charge in [-0.3, -0.25) is 4.79 Å². The number of carbonyl (C=O) groups is 1. The van der Waals surface area contributed by atoms with Crippen molar-refractivity contribution in [1.82, 2.24) is 0 Å². The molecule has 2 saturated heterocycles. The second kappa shape index (κ2) is 8.07. The van der Waals surface area contributed by atoms with E-state index in [9.17, 15) is 13.2 Å². The summed E-state index contributed by atoms with van der Waals surface area (Å²) in [6, 6.07) is 13.2. The normalized spacial score (nSPS) is 23.6. The number of thioether (sulfide) groups is 1. The van der Waals surface area contributed by atoms with Gasteiger partial charge in [0.05, 0.1) is 31.1 Å². The van der Waals surface area contributed by atoms with E-state index in [1.807, 2.05) is 55.1 Å². The number of anilines is 1. The van der Waals surface area contributed by atoms with Gasteiger partial charge in [-0.25, -0.2) is 8.42 Å². The van der Waals surface area contributed by atoms with Crippen LogP contribution in [-0.2, 0) is 21.1 Å². The summed E-state index contributed by atoms with van der Waals surface area (Å²) in [6.45, 7) is 4.02. The number of ether oxygens (including phenoxy) is 1. The number of nitrogens with zero attached hydrogens (tertiary/aromatic N) is 2. The Morgan fingerprint density at radius 1 is 1.13 bits per heavy atom. The number of benzene rings is 2. The molecule has 2 aromatic rings. The standard InChI is InChI=1S/C22H24N2O4S2/c1-14-8-15(2)10-17(9-14)24-19-12-30(26,27)13-20(19)29-22(24)23-21(25)11-16-4-6-18(28-3)7-5-16/h4-10,19-20H,11-13H2,1-3H3/t19-,20+/m1/s1. The number of amidine groups is 1. The third kappa shape index (κ3) is 4.39. The van der Waals surface area contributed by atoms with Gasteiger partial charge in [0, 0.05) is 10.9 Å². The van der Waals surface area contributed by atoms with Crippen LogP contribution in [0.5, 0.6) is 5.75 Å². The third-order valence-electron chi connectivity index (χ3n) is 5.29. The Morgan fingerprint density at radius 3 is 2.43 bits per heavy atom. The van der Waals surface area contributed by atoms with Gasteiger partial charge in [-0.15, -0.1) is 0 Å². The third-order valence-corrected chi connectivity index (χ3v) is 8.50. The zero-order valence-corrected chi connectivity index (χ0v) is 18.8. The van der Waals surface area contributed by atoms with Crippen molar-refractivity contribution in [1.29, 1.82) is 0 Å².